The maximum absolute atomic E-state index is 11.8. The van der Waals surface area contributed by atoms with E-state index >= 15 is 0 Å². The molecule has 0 radical (unpaired) electrons. The number of hydrogen-bond acceptors (Lipinski definition) is 5. The van der Waals surface area contributed by atoms with Gasteiger partial charge in [0.05, 0.1) is 11.6 Å². The smallest absolute Gasteiger partial charge is 0.242 e. The van der Waals surface area contributed by atoms with Crippen LogP contribution in [0.15, 0.2) is 17.2 Å². The first-order chi connectivity index (χ1) is 8.86. The number of hydrogen-bond donors (Lipinski definition) is 3. The molecule has 1 rings (SSSR count). The lowest BCUT2D eigenvalue weighted by Crippen LogP contribution is -2.37. The van der Waals surface area contributed by atoms with Crippen molar-refractivity contribution in [2.75, 3.05) is 18.8 Å². The van der Waals surface area contributed by atoms with Gasteiger partial charge in [-0.2, -0.15) is 0 Å². The summed E-state index contributed by atoms with van der Waals surface area (Å²) in [6, 6.07) is 1.18. The van der Waals surface area contributed by atoms with Crippen LogP contribution in [0.25, 0.3) is 0 Å². The minimum Gasteiger partial charge on any atom is -0.382 e. The number of aromatic nitrogens is 1. The molecule has 0 aromatic carbocycles. The molecular weight excluding hydrogens is 292 g/mol. The maximum atomic E-state index is 11.8. The number of anilines is 1. The summed E-state index contributed by atoms with van der Waals surface area (Å²) in [7, 11) is -3.83. The van der Waals surface area contributed by atoms with Gasteiger partial charge in [0.25, 0.3) is 0 Å². The van der Waals surface area contributed by atoms with Gasteiger partial charge in [-0.25, -0.2) is 18.1 Å². The Bertz CT molecular complexity index is 562. The second kappa shape index (κ2) is 6.69. The SMILES string of the molecule is CCCNC(=O)CNS(=O)(=O)c1cnc(N)c(Cl)c1. The molecular formula is C10H15ClN4O3S. The van der Waals surface area contributed by atoms with E-state index in [0.29, 0.717) is 6.54 Å². The van der Waals surface area contributed by atoms with Crippen molar-refractivity contribution in [3.63, 3.8) is 0 Å². The number of nitrogens with one attached hydrogen (secondary N) is 2. The standard InChI is InChI=1S/C10H15ClN4O3S/c1-2-3-13-9(16)6-15-19(17,18)7-4-8(11)10(12)14-5-7/h4-5,15H,2-3,6H2,1H3,(H2,12,14)(H,13,16). The first-order valence-electron chi connectivity index (χ1n) is 5.54. The topological polar surface area (TPSA) is 114 Å². The van der Waals surface area contributed by atoms with Crippen LogP contribution in [-0.4, -0.2) is 32.4 Å². The van der Waals surface area contributed by atoms with E-state index in [1.165, 1.54) is 6.07 Å². The second-order valence-corrected chi connectivity index (χ2v) is 5.89. The van der Waals surface area contributed by atoms with Crippen LogP contribution in [0.3, 0.4) is 0 Å². The number of nitrogens with two attached hydrogens (primary N) is 1. The predicted octanol–water partition coefficient (Wildman–Crippen LogP) is 0.122. The fraction of sp³-hybridized carbons (Fsp3) is 0.400. The molecule has 0 bridgehead atoms. The number of halogens is 1. The first-order valence-corrected chi connectivity index (χ1v) is 7.40. The van der Waals surface area contributed by atoms with E-state index in [1.807, 2.05) is 6.92 Å². The van der Waals surface area contributed by atoms with Gasteiger partial charge in [-0.1, -0.05) is 18.5 Å². The number of amides is 1. The van der Waals surface area contributed by atoms with Gasteiger partial charge in [-0.15, -0.1) is 0 Å². The van der Waals surface area contributed by atoms with Crippen LogP contribution < -0.4 is 15.8 Å². The summed E-state index contributed by atoms with van der Waals surface area (Å²) in [6.07, 6.45) is 1.85. The summed E-state index contributed by atoms with van der Waals surface area (Å²) in [6.45, 7) is 2.05. The van der Waals surface area contributed by atoms with Gasteiger partial charge >= 0.3 is 0 Å². The molecule has 4 N–H and O–H groups in total. The highest BCUT2D eigenvalue weighted by Gasteiger charge is 2.17. The second-order valence-electron chi connectivity index (χ2n) is 3.71. The number of sulfonamides is 1. The van der Waals surface area contributed by atoms with Crippen molar-refractivity contribution in [1.29, 1.82) is 0 Å². The van der Waals surface area contributed by atoms with E-state index in [-0.39, 0.29) is 22.3 Å². The molecule has 0 saturated heterocycles. The van der Waals surface area contributed by atoms with E-state index in [2.05, 4.69) is 15.0 Å². The zero-order valence-corrected chi connectivity index (χ0v) is 11.9. The summed E-state index contributed by atoms with van der Waals surface area (Å²) in [5.41, 5.74) is 5.39. The molecule has 7 nitrogen and oxygen atoms in total. The lowest BCUT2D eigenvalue weighted by molar-refractivity contribution is -0.119. The van der Waals surface area contributed by atoms with Crippen molar-refractivity contribution in [3.05, 3.63) is 17.3 Å². The molecule has 19 heavy (non-hydrogen) atoms. The minimum atomic E-state index is -3.83. The van der Waals surface area contributed by atoms with E-state index in [4.69, 9.17) is 17.3 Å². The number of nitrogen functional groups attached to an aromatic ring is 1. The number of carbonyl (C=O) groups is 1. The lowest BCUT2D eigenvalue weighted by atomic mass is 10.5. The Morgan fingerprint density at radius 1 is 1.53 bits per heavy atom. The van der Waals surface area contributed by atoms with Gasteiger partial charge in [-0.05, 0) is 12.5 Å². The van der Waals surface area contributed by atoms with E-state index < -0.39 is 15.9 Å². The van der Waals surface area contributed by atoms with Crippen LogP contribution in [0.1, 0.15) is 13.3 Å². The maximum Gasteiger partial charge on any atom is 0.242 e. The molecule has 1 amide bonds. The third-order valence-electron chi connectivity index (χ3n) is 2.15. The quantitative estimate of drug-likeness (QED) is 0.691. The molecule has 106 valence electrons. The summed E-state index contributed by atoms with van der Waals surface area (Å²) in [5, 5.41) is 2.59. The van der Waals surface area contributed by atoms with Crippen molar-refractivity contribution in [2.24, 2.45) is 0 Å². The summed E-state index contributed by atoms with van der Waals surface area (Å²) in [4.78, 5) is 14.8. The highest BCUT2D eigenvalue weighted by molar-refractivity contribution is 7.89. The van der Waals surface area contributed by atoms with Gasteiger partial charge in [-0.3, -0.25) is 4.79 Å². The molecule has 0 aliphatic heterocycles. The van der Waals surface area contributed by atoms with Crippen LogP contribution in [0.5, 0.6) is 0 Å². The van der Waals surface area contributed by atoms with Crippen molar-refractivity contribution < 1.29 is 13.2 Å². The number of pyridine rings is 1. The molecule has 9 heteroatoms. The van der Waals surface area contributed by atoms with Crippen molar-refractivity contribution in [2.45, 2.75) is 18.2 Å². The van der Waals surface area contributed by atoms with Gasteiger partial charge in [0.1, 0.15) is 10.7 Å². The molecule has 1 aromatic rings. The van der Waals surface area contributed by atoms with Crippen molar-refractivity contribution >= 4 is 33.3 Å². The number of nitrogens with zero attached hydrogens (tertiary/aromatic N) is 1. The zero-order valence-electron chi connectivity index (χ0n) is 10.3. The van der Waals surface area contributed by atoms with Crippen LogP contribution in [-0.2, 0) is 14.8 Å². The fourth-order valence-corrected chi connectivity index (χ4v) is 2.33. The highest BCUT2D eigenvalue weighted by atomic mass is 35.5. The minimum absolute atomic E-state index is 0.0401. The predicted molar refractivity (Wildman–Crippen MR) is 72.1 cm³/mol. The van der Waals surface area contributed by atoms with Gasteiger partial charge in [0.2, 0.25) is 15.9 Å². The molecule has 0 spiro atoms. The molecule has 0 atom stereocenters. The van der Waals surface area contributed by atoms with E-state index in [9.17, 15) is 13.2 Å². The summed E-state index contributed by atoms with van der Waals surface area (Å²) < 4.78 is 25.8. The molecule has 1 aromatic heterocycles. The molecule has 0 fully saturated rings. The normalized spacial score (nSPS) is 11.3. The highest BCUT2D eigenvalue weighted by Crippen LogP contribution is 2.19. The Labute approximate surface area is 116 Å². The van der Waals surface area contributed by atoms with E-state index in [0.717, 1.165) is 12.6 Å². The zero-order chi connectivity index (χ0) is 14.5. The first kappa shape index (κ1) is 15.7. The van der Waals surface area contributed by atoms with E-state index in [1.54, 1.807) is 0 Å². The molecule has 0 unspecified atom stereocenters. The number of rotatable bonds is 6. The average molecular weight is 307 g/mol. The molecule has 0 aliphatic carbocycles. The Hall–Kier alpha value is -1.38. The Balaban J connectivity index is 2.70. The van der Waals surface area contributed by atoms with Gasteiger partial charge in [0, 0.05) is 12.7 Å². The van der Waals surface area contributed by atoms with Crippen LogP contribution in [0.2, 0.25) is 5.02 Å². The fourth-order valence-electron chi connectivity index (χ4n) is 1.15. The summed E-state index contributed by atoms with van der Waals surface area (Å²) in [5.74, 6) is -0.360. The van der Waals surface area contributed by atoms with Crippen LogP contribution in [0.4, 0.5) is 5.82 Å². The molecule has 0 aliphatic rings. The monoisotopic (exact) mass is 306 g/mol. The number of carbonyl (C=O) groups excluding carboxylic acids is 1. The third-order valence-corrected chi connectivity index (χ3v) is 3.82. The van der Waals surface area contributed by atoms with Crippen molar-refractivity contribution in [3.8, 4) is 0 Å². The summed E-state index contributed by atoms with van der Waals surface area (Å²) >= 11 is 5.69. The lowest BCUT2D eigenvalue weighted by Gasteiger charge is -2.07. The van der Waals surface area contributed by atoms with Gasteiger partial charge in [0.15, 0.2) is 0 Å². The van der Waals surface area contributed by atoms with Gasteiger partial charge < -0.3 is 11.1 Å². The third kappa shape index (κ3) is 4.66. The molecule has 0 saturated carbocycles. The van der Waals surface area contributed by atoms with Crippen LogP contribution >= 0.6 is 11.6 Å². The Kier molecular flexibility index (Phi) is 5.52. The largest absolute Gasteiger partial charge is 0.382 e. The van der Waals surface area contributed by atoms with Crippen molar-refractivity contribution in [1.82, 2.24) is 15.0 Å². The molecule has 1 heterocycles. The Morgan fingerprint density at radius 3 is 2.79 bits per heavy atom. The Morgan fingerprint density at radius 2 is 2.21 bits per heavy atom. The van der Waals surface area contributed by atoms with Crippen LogP contribution in [0, 0.1) is 0 Å². The average Bonchev–Trinajstić information content (AvgIpc) is 2.37.